The number of nitrogens with zero attached hydrogens (tertiary/aromatic N) is 2. The number of hydrogen-bond acceptors (Lipinski definition) is 4. The van der Waals surface area contributed by atoms with E-state index in [9.17, 15) is 14.4 Å². The van der Waals surface area contributed by atoms with Gasteiger partial charge in [-0.15, -0.1) is 0 Å². The van der Waals surface area contributed by atoms with E-state index < -0.39 is 0 Å². The number of carbonyl (C=O) groups is 2. The Kier molecular flexibility index (Phi) is 6.58. The molecule has 8 nitrogen and oxygen atoms in total. The summed E-state index contributed by atoms with van der Waals surface area (Å²) in [5, 5.41) is 11.0. The molecule has 0 bridgehead atoms. The van der Waals surface area contributed by atoms with Gasteiger partial charge in [0.1, 0.15) is 5.65 Å². The highest BCUT2D eigenvalue weighted by atomic mass is 16.2. The van der Waals surface area contributed by atoms with Crippen LogP contribution in [0.15, 0.2) is 29.1 Å². The van der Waals surface area contributed by atoms with Gasteiger partial charge in [-0.3, -0.25) is 19.1 Å². The summed E-state index contributed by atoms with van der Waals surface area (Å²) in [5.41, 5.74) is 4.42. The molecule has 164 valence electrons. The summed E-state index contributed by atoms with van der Waals surface area (Å²) >= 11 is 0. The summed E-state index contributed by atoms with van der Waals surface area (Å²) in [6, 6.07) is 7.39. The molecule has 3 aromatic rings. The number of aryl methyl sites for hydroxylation is 3. The number of aromatic amines is 1. The standard InChI is InChI=1S/C23H29N5O3/c1-13(2)22(30)25-17-8-6-7-16(11-17)12-24-19(29)10-9-18-14(3)20-15(4)27-28(5)21(20)26-23(18)31/h6-8,11,13H,9-10,12H2,1-5H3,(H,24,29)(H,25,30)(H,26,31). The van der Waals surface area contributed by atoms with Gasteiger partial charge < -0.3 is 15.6 Å². The minimum Gasteiger partial charge on any atom is -0.352 e. The van der Waals surface area contributed by atoms with E-state index in [-0.39, 0.29) is 29.7 Å². The van der Waals surface area contributed by atoms with Gasteiger partial charge in [0.15, 0.2) is 0 Å². The van der Waals surface area contributed by atoms with Crippen LogP contribution in [0, 0.1) is 19.8 Å². The minimum atomic E-state index is -0.186. The van der Waals surface area contributed by atoms with Gasteiger partial charge >= 0.3 is 0 Å². The Hall–Kier alpha value is -3.42. The normalized spacial score (nSPS) is 11.2. The number of aromatic nitrogens is 3. The lowest BCUT2D eigenvalue weighted by Crippen LogP contribution is -2.25. The monoisotopic (exact) mass is 423 g/mol. The first-order valence-corrected chi connectivity index (χ1v) is 10.4. The number of hydrogen-bond donors (Lipinski definition) is 3. The van der Waals surface area contributed by atoms with Gasteiger partial charge in [0.2, 0.25) is 11.8 Å². The molecule has 31 heavy (non-hydrogen) atoms. The van der Waals surface area contributed by atoms with Crippen molar-refractivity contribution in [3.8, 4) is 0 Å². The van der Waals surface area contributed by atoms with Crippen molar-refractivity contribution in [1.82, 2.24) is 20.1 Å². The van der Waals surface area contributed by atoms with E-state index in [1.165, 1.54) is 0 Å². The fraction of sp³-hybridized carbons (Fsp3) is 0.391. The summed E-state index contributed by atoms with van der Waals surface area (Å²) in [6.07, 6.45) is 0.556. The van der Waals surface area contributed by atoms with Crippen molar-refractivity contribution in [2.75, 3.05) is 5.32 Å². The lowest BCUT2D eigenvalue weighted by molar-refractivity contribution is -0.121. The van der Waals surface area contributed by atoms with Crippen LogP contribution >= 0.6 is 0 Å². The SMILES string of the molecule is Cc1nn(C)c2[nH]c(=O)c(CCC(=O)NCc3cccc(NC(=O)C(C)C)c3)c(C)c12. The average Bonchev–Trinajstić information content (AvgIpc) is 2.99. The maximum Gasteiger partial charge on any atom is 0.253 e. The van der Waals surface area contributed by atoms with Crippen molar-refractivity contribution in [2.24, 2.45) is 13.0 Å². The number of nitrogens with one attached hydrogen (secondary N) is 3. The van der Waals surface area contributed by atoms with E-state index in [2.05, 4.69) is 20.7 Å². The molecule has 0 saturated heterocycles. The number of fused-ring (bicyclic) bond motifs is 1. The molecule has 8 heteroatoms. The van der Waals surface area contributed by atoms with E-state index in [0.29, 0.717) is 29.9 Å². The smallest absolute Gasteiger partial charge is 0.253 e. The Balaban J connectivity index is 1.62. The zero-order valence-corrected chi connectivity index (χ0v) is 18.6. The van der Waals surface area contributed by atoms with Gasteiger partial charge in [-0.25, -0.2) is 0 Å². The molecule has 0 atom stereocenters. The van der Waals surface area contributed by atoms with Crippen LogP contribution in [0.4, 0.5) is 5.69 Å². The van der Waals surface area contributed by atoms with Crippen LogP contribution in [0.25, 0.3) is 11.0 Å². The van der Waals surface area contributed by atoms with Crippen molar-refractivity contribution in [2.45, 2.75) is 47.1 Å². The Bertz CT molecular complexity index is 1190. The van der Waals surface area contributed by atoms with Gasteiger partial charge in [-0.05, 0) is 43.5 Å². The minimum absolute atomic E-state index is 0.0531. The molecule has 0 aliphatic carbocycles. The largest absolute Gasteiger partial charge is 0.352 e. The Labute approximate surface area is 181 Å². The van der Waals surface area contributed by atoms with Gasteiger partial charge in [0, 0.05) is 42.6 Å². The molecule has 0 radical (unpaired) electrons. The second-order valence-corrected chi connectivity index (χ2v) is 8.11. The van der Waals surface area contributed by atoms with E-state index in [1.54, 1.807) is 11.7 Å². The highest BCUT2D eigenvalue weighted by Gasteiger charge is 2.16. The summed E-state index contributed by atoms with van der Waals surface area (Å²) in [5.74, 6) is -0.300. The van der Waals surface area contributed by atoms with Crippen LogP contribution in [0.5, 0.6) is 0 Å². The van der Waals surface area contributed by atoms with E-state index in [1.807, 2.05) is 52.0 Å². The molecule has 1 aromatic carbocycles. The van der Waals surface area contributed by atoms with Crippen molar-refractivity contribution in [1.29, 1.82) is 0 Å². The number of amides is 2. The van der Waals surface area contributed by atoms with Crippen molar-refractivity contribution >= 4 is 28.5 Å². The predicted molar refractivity (Wildman–Crippen MR) is 121 cm³/mol. The third kappa shape index (κ3) is 5.02. The maximum absolute atomic E-state index is 12.5. The molecule has 3 N–H and O–H groups in total. The zero-order chi connectivity index (χ0) is 22.7. The number of pyridine rings is 1. The molecule has 0 fully saturated rings. The summed E-state index contributed by atoms with van der Waals surface area (Å²) in [7, 11) is 1.79. The quantitative estimate of drug-likeness (QED) is 0.543. The first-order chi connectivity index (χ1) is 14.7. The maximum atomic E-state index is 12.5. The molecular formula is C23H29N5O3. The number of carbonyl (C=O) groups excluding carboxylic acids is 2. The van der Waals surface area contributed by atoms with Crippen LogP contribution in [-0.2, 0) is 29.6 Å². The second-order valence-electron chi connectivity index (χ2n) is 8.11. The Morgan fingerprint density at radius 3 is 2.68 bits per heavy atom. The topological polar surface area (TPSA) is 109 Å². The average molecular weight is 424 g/mol. The Morgan fingerprint density at radius 2 is 1.97 bits per heavy atom. The summed E-state index contributed by atoms with van der Waals surface area (Å²) in [6.45, 7) is 7.82. The van der Waals surface area contributed by atoms with Gasteiger partial charge in [0.25, 0.3) is 5.56 Å². The van der Waals surface area contributed by atoms with Gasteiger partial charge in [-0.2, -0.15) is 5.10 Å². The third-order valence-corrected chi connectivity index (χ3v) is 5.37. The van der Waals surface area contributed by atoms with Crippen LogP contribution < -0.4 is 16.2 Å². The number of benzene rings is 1. The van der Waals surface area contributed by atoms with Crippen LogP contribution in [0.3, 0.4) is 0 Å². The number of H-pyrrole nitrogens is 1. The van der Waals surface area contributed by atoms with Gasteiger partial charge in [0.05, 0.1) is 5.69 Å². The molecule has 0 spiro atoms. The molecule has 2 heterocycles. The molecular weight excluding hydrogens is 394 g/mol. The fourth-order valence-electron chi connectivity index (χ4n) is 3.63. The zero-order valence-electron chi connectivity index (χ0n) is 18.6. The van der Waals surface area contributed by atoms with E-state index >= 15 is 0 Å². The van der Waals surface area contributed by atoms with Crippen LogP contribution in [0.1, 0.15) is 42.7 Å². The van der Waals surface area contributed by atoms with E-state index in [0.717, 1.165) is 22.2 Å². The highest BCUT2D eigenvalue weighted by Crippen LogP contribution is 2.21. The Morgan fingerprint density at radius 1 is 1.23 bits per heavy atom. The first-order valence-electron chi connectivity index (χ1n) is 10.4. The molecule has 0 unspecified atom stereocenters. The van der Waals surface area contributed by atoms with Crippen molar-refractivity contribution in [3.63, 3.8) is 0 Å². The molecule has 0 saturated carbocycles. The lowest BCUT2D eigenvalue weighted by Gasteiger charge is -2.10. The van der Waals surface area contributed by atoms with Crippen LogP contribution in [0.2, 0.25) is 0 Å². The van der Waals surface area contributed by atoms with E-state index in [4.69, 9.17) is 0 Å². The molecule has 3 rings (SSSR count). The van der Waals surface area contributed by atoms with Gasteiger partial charge in [-0.1, -0.05) is 26.0 Å². The molecule has 2 amide bonds. The highest BCUT2D eigenvalue weighted by molar-refractivity contribution is 5.92. The molecule has 0 aliphatic rings. The van der Waals surface area contributed by atoms with Crippen LogP contribution in [-0.4, -0.2) is 26.6 Å². The molecule has 0 aliphatic heterocycles. The van der Waals surface area contributed by atoms with Crippen molar-refractivity contribution < 1.29 is 9.59 Å². The number of anilines is 1. The predicted octanol–water partition coefficient (Wildman–Crippen LogP) is 2.72. The summed E-state index contributed by atoms with van der Waals surface area (Å²) < 4.78 is 1.66. The van der Waals surface area contributed by atoms with Crippen molar-refractivity contribution in [3.05, 3.63) is 57.0 Å². The molecule has 2 aromatic heterocycles. The lowest BCUT2D eigenvalue weighted by atomic mass is 10.0. The number of rotatable bonds is 7. The second kappa shape index (κ2) is 9.16. The first kappa shape index (κ1) is 22.3. The summed E-state index contributed by atoms with van der Waals surface area (Å²) in [4.78, 5) is 39.6. The fourth-order valence-corrected chi connectivity index (χ4v) is 3.63. The third-order valence-electron chi connectivity index (χ3n) is 5.37.